The summed E-state index contributed by atoms with van der Waals surface area (Å²) in [6.07, 6.45) is 3.66. The quantitative estimate of drug-likeness (QED) is 0.892. The maximum Gasteiger partial charge on any atom is 0.241 e. The van der Waals surface area contributed by atoms with E-state index in [2.05, 4.69) is 16.5 Å². The average Bonchev–Trinajstić information content (AvgIpc) is 2.88. The SMILES string of the molecule is O=C1CNCc2ccccc2N1CCn1cccn1. The number of carbonyl (C=O) groups is 1. The first-order chi connectivity index (χ1) is 9.34. The molecule has 0 fully saturated rings. The summed E-state index contributed by atoms with van der Waals surface area (Å²) in [5.41, 5.74) is 2.17. The molecule has 1 N–H and O–H groups in total. The number of anilines is 1. The first-order valence-electron chi connectivity index (χ1n) is 6.41. The Labute approximate surface area is 111 Å². The monoisotopic (exact) mass is 256 g/mol. The van der Waals surface area contributed by atoms with Gasteiger partial charge in [0.1, 0.15) is 0 Å². The van der Waals surface area contributed by atoms with Crippen LogP contribution >= 0.6 is 0 Å². The normalized spacial score (nSPS) is 15.2. The molecule has 1 aromatic carbocycles. The predicted molar refractivity (Wildman–Crippen MR) is 72.7 cm³/mol. The van der Waals surface area contributed by atoms with E-state index >= 15 is 0 Å². The van der Waals surface area contributed by atoms with Gasteiger partial charge in [-0.2, -0.15) is 5.10 Å². The summed E-state index contributed by atoms with van der Waals surface area (Å²) in [4.78, 5) is 14.0. The lowest BCUT2D eigenvalue weighted by atomic mass is 10.1. The number of aromatic nitrogens is 2. The number of hydrogen-bond acceptors (Lipinski definition) is 3. The molecular weight excluding hydrogens is 240 g/mol. The minimum absolute atomic E-state index is 0.108. The van der Waals surface area contributed by atoms with Crippen molar-refractivity contribution in [2.45, 2.75) is 13.1 Å². The zero-order valence-electron chi connectivity index (χ0n) is 10.6. The van der Waals surface area contributed by atoms with E-state index in [-0.39, 0.29) is 5.91 Å². The van der Waals surface area contributed by atoms with Gasteiger partial charge in [0.25, 0.3) is 0 Å². The number of rotatable bonds is 3. The summed E-state index contributed by atoms with van der Waals surface area (Å²) in [5.74, 6) is 0.108. The van der Waals surface area contributed by atoms with Crippen molar-refractivity contribution in [3.63, 3.8) is 0 Å². The Morgan fingerprint density at radius 3 is 2.89 bits per heavy atom. The van der Waals surface area contributed by atoms with Gasteiger partial charge < -0.3 is 10.2 Å². The van der Waals surface area contributed by atoms with Gasteiger partial charge in [-0.05, 0) is 17.7 Å². The van der Waals surface area contributed by atoms with E-state index in [4.69, 9.17) is 0 Å². The summed E-state index contributed by atoms with van der Waals surface area (Å²) in [7, 11) is 0. The molecule has 0 saturated heterocycles. The Morgan fingerprint density at radius 2 is 2.05 bits per heavy atom. The second kappa shape index (κ2) is 5.24. The zero-order chi connectivity index (χ0) is 13.1. The van der Waals surface area contributed by atoms with Crippen LogP contribution in [0, 0.1) is 0 Å². The lowest BCUT2D eigenvalue weighted by Gasteiger charge is -2.22. The molecule has 0 spiro atoms. The Balaban J connectivity index is 1.83. The fourth-order valence-corrected chi connectivity index (χ4v) is 2.34. The number of benzene rings is 1. The largest absolute Gasteiger partial charge is 0.309 e. The first kappa shape index (κ1) is 11.9. The van der Waals surface area contributed by atoms with Crippen LogP contribution in [-0.4, -0.2) is 28.8 Å². The lowest BCUT2D eigenvalue weighted by Crippen LogP contribution is -2.37. The molecule has 3 rings (SSSR count). The summed E-state index contributed by atoms with van der Waals surface area (Å²) >= 11 is 0. The maximum absolute atomic E-state index is 12.2. The number of hydrogen-bond donors (Lipinski definition) is 1. The van der Waals surface area contributed by atoms with Crippen LogP contribution < -0.4 is 10.2 Å². The fourth-order valence-electron chi connectivity index (χ4n) is 2.34. The van der Waals surface area contributed by atoms with Crippen LogP contribution in [0.1, 0.15) is 5.56 Å². The summed E-state index contributed by atoms with van der Waals surface area (Å²) in [5, 5.41) is 7.33. The number of fused-ring (bicyclic) bond motifs is 1. The highest BCUT2D eigenvalue weighted by atomic mass is 16.2. The zero-order valence-corrected chi connectivity index (χ0v) is 10.6. The van der Waals surface area contributed by atoms with Gasteiger partial charge in [0, 0.05) is 31.2 Å². The Hall–Kier alpha value is -2.14. The molecule has 19 heavy (non-hydrogen) atoms. The van der Waals surface area contributed by atoms with Gasteiger partial charge in [0.15, 0.2) is 0 Å². The van der Waals surface area contributed by atoms with Crippen molar-refractivity contribution in [2.24, 2.45) is 0 Å². The minimum atomic E-state index is 0.108. The summed E-state index contributed by atoms with van der Waals surface area (Å²) in [6.45, 7) is 2.46. The highest BCUT2D eigenvalue weighted by Gasteiger charge is 2.21. The number of carbonyl (C=O) groups excluding carboxylic acids is 1. The van der Waals surface area contributed by atoms with E-state index in [1.54, 1.807) is 6.20 Å². The number of nitrogens with one attached hydrogen (secondary N) is 1. The number of amides is 1. The predicted octanol–water partition coefficient (Wildman–Crippen LogP) is 1.02. The molecule has 2 heterocycles. The van der Waals surface area contributed by atoms with E-state index < -0.39 is 0 Å². The van der Waals surface area contributed by atoms with Crippen molar-refractivity contribution in [3.8, 4) is 0 Å². The van der Waals surface area contributed by atoms with Crippen molar-refractivity contribution in [1.82, 2.24) is 15.1 Å². The highest BCUT2D eigenvalue weighted by Crippen LogP contribution is 2.22. The van der Waals surface area contributed by atoms with Gasteiger partial charge >= 0.3 is 0 Å². The molecule has 98 valence electrons. The molecular formula is C14H16N4O. The van der Waals surface area contributed by atoms with Crippen molar-refractivity contribution < 1.29 is 4.79 Å². The minimum Gasteiger partial charge on any atom is -0.309 e. The van der Waals surface area contributed by atoms with E-state index in [1.165, 1.54) is 0 Å². The van der Waals surface area contributed by atoms with Crippen LogP contribution in [0.5, 0.6) is 0 Å². The number of nitrogens with zero attached hydrogens (tertiary/aromatic N) is 3. The van der Waals surface area contributed by atoms with Crippen LogP contribution in [0.3, 0.4) is 0 Å². The van der Waals surface area contributed by atoms with Crippen LogP contribution in [0.2, 0.25) is 0 Å². The highest BCUT2D eigenvalue weighted by molar-refractivity contribution is 5.96. The topological polar surface area (TPSA) is 50.2 Å². The molecule has 0 unspecified atom stereocenters. The van der Waals surface area contributed by atoms with Gasteiger partial charge in [-0.3, -0.25) is 9.48 Å². The molecule has 0 saturated carbocycles. The Bertz CT molecular complexity index is 565. The third kappa shape index (κ3) is 2.51. The molecule has 1 aliphatic rings. The second-order valence-corrected chi connectivity index (χ2v) is 4.55. The van der Waals surface area contributed by atoms with Crippen molar-refractivity contribution in [2.75, 3.05) is 18.0 Å². The molecule has 0 atom stereocenters. The summed E-state index contributed by atoms with van der Waals surface area (Å²) < 4.78 is 1.84. The molecule has 0 bridgehead atoms. The summed E-state index contributed by atoms with van der Waals surface area (Å²) in [6, 6.07) is 9.92. The molecule has 5 nitrogen and oxygen atoms in total. The van der Waals surface area contributed by atoms with Crippen molar-refractivity contribution in [1.29, 1.82) is 0 Å². The third-order valence-corrected chi connectivity index (χ3v) is 3.29. The molecule has 1 aliphatic heterocycles. The Morgan fingerprint density at radius 1 is 1.16 bits per heavy atom. The number of para-hydroxylation sites is 1. The van der Waals surface area contributed by atoms with Crippen LogP contribution in [-0.2, 0) is 17.9 Å². The van der Waals surface area contributed by atoms with Crippen molar-refractivity contribution in [3.05, 3.63) is 48.3 Å². The van der Waals surface area contributed by atoms with Gasteiger partial charge in [-0.1, -0.05) is 18.2 Å². The van der Waals surface area contributed by atoms with Crippen LogP contribution in [0.25, 0.3) is 0 Å². The van der Waals surface area contributed by atoms with Gasteiger partial charge in [-0.15, -0.1) is 0 Å². The standard InChI is InChI=1S/C14H16N4O/c19-14-11-15-10-12-4-1-2-5-13(12)18(14)9-8-17-7-3-6-16-17/h1-7,15H,8-11H2. The molecule has 1 amide bonds. The molecule has 1 aromatic heterocycles. The first-order valence-corrected chi connectivity index (χ1v) is 6.41. The lowest BCUT2D eigenvalue weighted by molar-refractivity contribution is -0.117. The van der Waals surface area contributed by atoms with Gasteiger partial charge in [0.2, 0.25) is 5.91 Å². The van der Waals surface area contributed by atoms with Crippen LogP contribution in [0.15, 0.2) is 42.7 Å². The fraction of sp³-hybridized carbons (Fsp3) is 0.286. The van der Waals surface area contributed by atoms with Crippen LogP contribution in [0.4, 0.5) is 5.69 Å². The van der Waals surface area contributed by atoms with E-state index in [9.17, 15) is 4.79 Å². The smallest absolute Gasteiger partial charge is 0.241 e. The molecule has 0 aliphatic carbocycles. The van der Waals surface area contributed by atoms with E-state index in [0.717, 1.165) is 17.8 Å². The maximum atomic E-state index is 12.2. The van der Waals surface area contributed by atoms with Gasteiger partial charge in [-0.25, -0.2) is 0 Å². The second-order valence-electron chi connectivity index (χ2n) is 4.55. The van der Waals surface area contributed by atoms with E-state index in [0.29, 0.717) is 19.6 Å². The Kier molecular flexibility index (Phi) is 3.29. The average molecular weight is 256 g/mol. The molecule has 5 heteroatoms. The third-order valence-electron chi connectivity index (χ3n) is 3.29. The molecule has 2 aromatic rings. The van der Waals surface area contributed by atoms with Gasteiger partial charge in [0.05, 0.1) is 13.1 Å². The molecule has 0 radical (unpaired) electrons. The van der Waals surface area contributed by atoms with E-state index in [1.807, 2.05) is 40.0 Å². The van der Waals surface area contributed by atoms with Crippen molar-refractivity contribution >= 4 is 11.6 Å².